The van der Waals surface area contributed by atoms with Crippen molar-refractivity contribution in [2.75, 3.05) is 5.32 Å². The Balaban J connectivity index is 1.91. The zero-order valence-corrected chi connectivity index (χ0v) is 10.7. The molecule has 0 aliphatic heterocycles. The van der Waals surface area contributed by atoms with Crippen molar-refractivity contribution in [1.82, 2.24) is 10.2 Å². The van der Waals surface area contributed by atoms with E-state index in [4.69, 9.17) is 10.2 Å². The predicted octanol–water partition coefficient (Wildman–Crippen LogP) is 2.19. The topological polar surface area (TPSA) is 77.0 Å². The van der Waals surface area contributed by atoms with Crippen molar-refractivity contribution < 1.29 is 4.42 Å². The monoisotopic (exact) mass is 252 g/mol. The molecule has 0 radical (unpaired) electrons. The fourth-order valence-electron chi connectivity index (χ4n) is 1.47. The highest BCUT2D eigenvalue weighted by Gasteiger charge is 2.12. The second-order valence-corrected chi connectivity index (χ2v) is 5.10. The first-order valence-corrected chi connectivity index (χ1v) is 6.41. The zero-order chi connectivity index (χ0) is 12.3. The Morgan fingerprint density at radius 1 is 1.47 bits per heavy atom. The highest BCUT2D eigenvalue weighted by atomic mass is 32.1. The molecule has 2 heterocycles. The summed E-state index contributed by atoms with van der Waals surface area (Å²) in [5, 5.41) is 13.0. The quantitative estimate of drug-likeness (QED) is 0.853. The van der Waals surface area contributed by atoms with Gasteiger partial charge in [-0.1, -0.05) is 11.2 Å². The third-order valence-electron chi connectivity index (χ3n) is 2.29. The number of hydrogen-bond donors (Lipinski definition) is 2. The molecular weight excluding hydrogens is 236 g/mol. The van der Waals surface area contributed by atoms with Crippen LogP contribution in [0.4, 0.5) is 6.01 Å². The van der Waals surface area contributed by atoms with Crippen molar-refractivity contribution in [3.05, 3.63) is 28.3 Å². The molecule has 3 N–H and O–H groups in total. The summed E-state index contributed by atoms with van der Waals surface area (Å²) in [6, 6.07) is 4.61. The maximum atomic E-state index is 5.65. The third kappa shape index (κ3) is 3.28. The van der Waals surface area contributed by atoms with Crippen LogP contribution in [0.5, 0.6) is 0 Å². The van der Waals surface area contributed by atoms with Gasteiger partial charge in [0.05, 0.1) is 6.04 Å². The molecule has 0 aromatic carbocycles. The molecule has 5 nitrogen and oxygen atoms in total. The van der Waals surface area contributed by atoms with Gasteiger partial charge in [-0.2, -0.15) is 0 Å². The number of aromatic nitrogens is 2. The summed E-state index contributed by atoms with van der Waals surface area (Å²) >= 11 is 1.75. The summed E-state index contributed by atoms with van der Waals surface area (Å²) in [4.78, 5) is 1.33. The van der Waals surface area contributed by atoms with E-state index in [9.17, 15) is 0 Å². The minimum Gasteiger partial charge on any atom is -0.406 e. The highest BCUT2D eigenvalue weighted by Crippen LogP contribution is 2.15. The summed E-state index contributed by atoms with van der Waals surface area (Å²) in [6.07, 6.45) is 0.938. The van der Waals surface area contributed by atoms with Crippen LogP contribution >= 0.6 is 11.3 Å². The lowest BCUT2D eigenvalue weighted by Gasteiger charge is -2.09. The van der Waals surface area contributed by atoms with E-state index in [1.807, 2.05) is 13.0 Å². The van der Waals surface area contributed by atoms with E-state index in [2.05, 4.69) is 33.9 Å². The molecule has 92 valence electrons. The largest absolute Gasteiger partial charge is 0.406 e. The zero-order valence-electron chi connectivity index (χ0n) is 9.88. The number of nitrogens with zero attached hydrogens (tertiary/aromatic N) is 2. The number of thiophene rings is 1. The van der Waals surface area contributed by atoms with Crippen LogP contribution in [0, 0.1) is 0 Å². The normalized spacial score (nSPS) is 14.5. The summed E-state index contributed by atoms with van der Waals surface area (Å²) in [5.74, 6) is 0.454. The van der Waals surface area contributed by atoms with Gasteiger partial charge >= 0.3 is 6.01 Å². The molecule has 2 aromatic rings. The molecule has 0 fully saturated rings. The average molecular weight is 252 g/mol. The van der Waals surface area contributed by atoms with Crippen molar-refractivity contribution in [3.8, 4) is 0 Å². The van der Waals surface area contributed by atoms with E-state index in [1.54, 1.807) is 11.3 Å². The third-order valence-corrected chi connectivity index (χ3v) is 3.19. The van der Waals surface area contributed by atoms with Gasteiger partial charge < -0.3 is 15.5 Å². The van der Waals surface area contributed by atoms with E-state index in [0.717, 1.165) is 6.42 Å². The molecule has 0 spiro atoms. The Hall–Kier alpha value is -1.40. The van der Waals surface area contributed by atoms with Crippen LogP contribution in [0.15, 0.2) is 21.9 Å². The fraction of sp³-hybridized carbons (Fsp3) is 0.455. The molecule has 0 aliphatic rings. The lowest BCUT2D eigenvalue weighted by molar-refractivity contribution is 0.469. The van der Waals surface area contributed by atoms with Crippen molar-refractivity contribution in [3.63, 3.8) is 0 Å². The lowest BCUT2D eigenvalue weighted by Crippen LogP contribution is -2.17. The van der Waals surface area contributed by atoms with Gasteiger partial charge in [-0.15, -0.1) is 16.4 Å². The first kappa shape index (κ1) is 12.1. The predicted molar refractivity (Wildman–Crippen MR) is 68.0 cm³/mol. The van der Waals surface area contributed by atoms with E-state index in [0.29, 0.717) is 11.9 Å². The maximum absolute atomic E-state index is 5.65. The van der Waals surface area contributed by atoms with Gasteiger partial charge in [0.15, 0.2) is 0 Å². The van der Waals surface area contributed by atoms with E-state index < -0.39 is 0 Å². The Morgan fingerprint density at radius 2 is 2.29 bits per heavy atom. The van der Waals surface area contributed by atoms with Crippen molar-refractivity contribution in [2.45, 2.75) is 32.4 Å². The van der Waals surface area contributed by atoms with Crippen molar-refractivity contribution >= 4 is 17.4 Å². The molecule has 0 bridgehead atoms. The van der Waals surface area contributed by atoms with Crippen LogP contribution in [0.3, 0.4) is 0 Å². The van der Waals surface area contributed by atoms with Gasteiger partial charge in [0.25, 0.3) is 0 Å². The molecule has 2 unspecified atom stereocenters. The van der Waals surface area contributed by atoms with E-state index >= 15 is 0 Å². The molecule has 0 amide bonds. The molecule has 0 saturated carbocycles. The smallest absolute Gasteiger partial charge is 0.315 e. The SMILES string of the molecule is CC(Cc1cccs1)Nc1nnc(C(C)N)o1. The summed E-state index contributed by atoms with van der Waals surface area (Å²) in [5.41, 5.74) is 5.65. The number of nitrogens with two attached hydrogens (primary N) is 1. The Kier molecular flexibility index (Phi) is 3.75. The second-order valence-electron chi connectivity index (χ2n) is 4.06. The molecule has 2 rings (SSSR count). The minimum absolute atomic E-state index is 0.231. The van der Waals surface area contributed by atoms with Gasteiger partial charge in [0.2, 0.25) is 5.89 Å². The summed E-state index contributed by atoms with van der Waals surface area (Å²) < 4.78 is 5.38. The summed E-state index contributed by atoms with van der Waals surface area (Å²) in [7, 11) is 0. The Labute approximate surface area is 104 Å². The molecule has 0 saturated heterocycles. The van der Waals surface area contributed by atoms with Crippen LogP contribution in [0.2, 0.25) is 0 Å². The molecule has 17 heavy (non-hydrogen) atoms. The average Bonchev–Trinajstić information content (AvgIpc) is 2.88. The number of nitrogens with one attached hydrogen (secondary N) is 1. The number of anilines is 1. The Morgan fingerprint density at radius 3 is 2.88 bits per heavy atom. The lowest BCUT2D eigenvalue weighted by atomic mass is 10.2. The highest BCUT2D eigenvalue weighted by molar-refractivity contribution is 7.09. The molecule has 2 atom stereocenters. The van der Waals surface area contributed by atoms with Gasteiger partial charge in [0, 0.05) is 17.3 Å². The second kappa shape index (κ2) is 5.29. The maximum Gasteiger partial charge on any atom is 0.315 e. The molecule has 2 aromatic heterocycles. The molecule has 0 aliphatic carbocycles. The fourth-order valence-corrected chi connectivity index (χ4v) is 2.30. The van der Waals surface area contributed by atoms with Crippen LogP contribution in [-0.4, -0.2) is 16.2 Å². The van der Waals surface area contributed by atoms with Gasteiger partial charge in [0.1, 0.15) is 0 Å². The van der Waals surface area contributed by atoms with Gasteiger partial charge in [-0.05, 0) is 25.3 Å². The molecular formula is C11H16N4OS. The van der Waals surface area contributed by atoms with Crippen molar-refractivity contribution in [1.29, 1.82) is 0 Å². The van der Waals surface area contributed by atoms with Crippen LogP contribution in [0.1, 0.15) is 30.7 Å². The first-order chi connectivity index (χ1) is 8.15. The van der Waals surface area contributed by atoms with Crippen LogP contribution in [-0.2, 0) is 6.42 Å². The van der Waals surface area contributed by atoms with Gasteiger partial charge in [-0.25, -0.2) is 0 Å². The Bertz CT molecular complexity index is 452. The van der Waals surface area contributed by atoms with Gasteiger partial charge in [-0.3, -0.25) is 0 Å². The van der Waals surface area contributed by atoms with Crippen LogP contribution in [0.25, 0.3) is 0 Å². The van der Waals surface area contributed by atoms with Crippen LogP contribution < -0.4 is 11.1 Å². The standard InChI is InChI=1S/C11H16N4OS/c1-7(6-9-4-3-5-17-9)13-11-15-14-10(16-11)8(2)12/h3-5,7-8H,6,12H2,1-2H3,(H,13,15). The number of hydrogen-bond acceptors (Lipinski definition) is 6. The first-order valence-electron chi connectivity index (χ1n) is 5.53. The van der Waals surface area contributed by atoms with E-state index in [1.165, 1.54) is 4.88 Å². The molecule has 6 heteroatoms. The van der Waals surface area contributed by atoms with E-state index in [-0.39, 0.29) is 12.1 Å². The minimum atomic E-state index is -0.231. The summed E-state index contributed by atoms with van der Waals surface area (Å²) in [6.45, 7) is 3.89. The number of rotatable bonds is 5. The van der Waals surface area contributed by atoms with Crippen molar-refractivity contribution in [2.24, 2.45) is 5.73 Å².